The topological polar surface area (TPSA) is 52.1 Å². The lowest BCUT2D eigenvalue weighted by atomic mass is 10.0. The van der Waals surface area contributed by atoms with E-state index >= 15 is 0 Å². The molecule has 2 saturated heterocycles. The van der Waals surface area contributed by atoms with Crippen LogP contribution in [0.15, 0.2) is 4.99 Å². The summed E-state index contributed by atoms with van der Waals surface area (Å²) in [6.07, 6.45) is 2.28. The number of halogens is 1. The molecule has 2 aliphatic heterocycles. The molecule has 0 aliphatic carbocycles. The van der Waals surface area contributed by atoms with Crippen LogP contribution < -0.4 is 10.6 Å². The minimum atomic E-state index is -0.0419. The van der Waals surface area contributed by atoms with Crippen molar-refractivity contribution in [3.05, 3.63) is 0 Å². The van der Waals surface area contributed by atoms with Crippen molar-refractivity contribution in [2.75, 3.05) is 59.5 Å². The Labute approximate surface area is 164 Å². The van der Waals surface area contributed by atoms with Gasteiger partial charge in [-0.05, 0) is 33.2 Å². The van der Waals surface area contributed by atoms with Crippen LogP contribution >= 0.6 is 24.0 Å². The predicted octanol–water partition coefficient (Wildman–Crippen LogP) is 1.36. The first kappa shape index (κ1) is 21.9. The van der Waals surface area contributed by atoms with E-state index in [0.717, 1.165) is 58.1 Å². The highest BCUT2D eigenvalue weighted by Gasteiger charge is 2.29. The maximum absolute atomic E-state index is 5.82. The minimum absolute atomic E-state index is 0. The number of hydrogen-bond acceptors (Lipinski definition) is 4. The molecule has 2 aliphatic rings. The van der Waals surface area contributed by atoms with E-state index in [1.165, 1.54) is 13.1 Å². The summed E-state index contributed by atoms with van der Waals surface area (Å²) < 4.78 is 5.82. The molecule has 0 radical (unpaired) electrons. The first-order chi connectivity index (χ1) is 11.1. The summed E-state index contributed by atoms with van der Waals surface area (Å²) in [5, 5.41) is 6.87. The first-order valence-electron chi connectivity index (χ1n) is 9.11. The quantitative estimate of drug-likeness (QED) is 0.362. The van der Waals surface area contributed by atoms with Crippen LogP contribution in [0.1, 0.15) is 33.6 Å². The second kappa shape index (κ2) is 10.8. The highest BCUT2D eigenvalue weighted by atomic mass is 127. The van der Waals surface area contributed by atoms with Gasteiger partial charge in [-0.25, -0.2) is 0 Å². The van der Waals surface area contributed by atoms with Crippen LogP contribution in [-0.4, -0.2) is 86.9 Å². The summed E-state index contributed by atoms with van der Waals surface area (Å²) in [4.78, 5) is 9.41. The number of rotatable bonds is 6. The normalized spacial score (nSPS) is 27.6. The maximum atomic E-state index is 5.82. The van der Waals surface area contributed by atoms with Crippen molar-refractivity contribution in [3.63, 3.8) is 0 Å². The molecule has 0 aromatic carbocycles. The van der Waals surface area contributed by atoms with Gasteiger partial charge in [0.25, 0.3) is 0 Å². The van der Waals surface area contributed by atoms with Gasteiger partial charge in [-0.1, -0.05) is 6.92 Å². The van der Waals surface area contributed by atoms with E-state index in [0.29, 0.717) is 6.04 Å². The fourth-order valence-corrected chi connectivity index (χ4v) is 3.36. The molecule has 0 saturated carbocycles. The second-order valence-corrected chi connectivity index (χ2v) is 7.03. The van der Waals surface area contributed by atoms with Crippen molar-refractivity contribution < 1.29 is 4.74 Å². The van der Waals surface area contributed by atoms with Gasteiger partial charge in [-0.3, -0.25) is 9.89 Å². The van der Waals surface area contributed by atoms with E-state index in [-0.39, 0.29) is 29.6 Å². The van der Waals surface area contributed by atoms with Crippen molar-refractivity contribution in [1.29, 1.82) is 0 Å². The Morgan fingerprint density at radius 1 is 1.25 bits per heavy atom. The summed E-state index contributed by atoms with van der Waals surface area (Å²) >= 11 is 0. The number of guanidine groups is 1. The number of nitrogens with zero attached hydrogens (tertiary/aromatic N) is 3. The Morgan fingerprint density at radius 3 is 2.50 bits per heavy atom. The van der Waals surface area contributed by atoms with Gasteiger partial charge in [-0.2, -0.15) is 0 Å². The zero-order valence-electron chi connectivity index (χ0n) is 15.8. The zero-order chi connectivity index (χ0) is 16.7. The highest BCUT2D eigenvalue weighted by molar-refractivity contribution is 14.0. The van der Waals surface area contributed by atoms with E-state index < -0.39 is 0 Å². The Bertz CT molecular complexity index is 379. The highest BCUT2D eigenvalue weighted by Crippen LogP contribution is 2.23. The number of nitrogens with one attached hydrogen (secondary N) is 2. The standard InChI is InChI=1S/C17H35N5O.HI/c1-5-21-8-10-22(11-9-21)15(2)13-19-16(18-4)20-14-17(3)7-6-12-23-17;/h15H,5-14H2,1-4H3,(H2,18,19,20);1H. The molecule has 2 N–H and O–H groups in total. The van der Waals surface area contributed by atoms with Gasteiger partial charge in [0, 0.05) is 59.0 Å². The number of hydrogen-bond donors (Lipinski definition) is 2. The lowest BCUT2D eigenvalue weighted by Crippen LogP contribution is -2.53. The third-order valence-electron chi connectivity index (χ3n) is 5.20. The SMILES string of the molecule is CCN1CCN(C(C)CNC(=NC)NCC2(C)CCCO2)CC1.I. The molecule has 6 nitrogen and oxygen atoms in total. The van der Waals surface area contributed by atoms with Crippen molar-refractivity contribution in [1.82, 2.24) is 20.4 Å². The van der Waals surface area contributed by atoms with E-state index in [1.807, 2.05) is 7.05 Å². The fourth-order valence-electron chi connectivity index (χ4n) is 3.36. The monoisotopic (exact) mass is 453 g/mol. The Kier molecular flexibility index (Phi) is 9.84. The molecule has 0 aromatic heterocycles. The Morgan fingerprint density at radius 2 is 1.96 bits per heavy atom. The number of ether oxygens (including phenoxy) is 1. The van der Waals surface area contributed by atoms with Gasteiger partial charge in [-0.15, -0.1) is 24.0 Å². The van der Waals surface area contributed by atoms with E-state index in [4.69, 9.17) is 4.74 Å². The molecule has 0 amide bonds. The average Bonchev–Trinajstić information content (AvgIpc) is 3.01. The molecular weight excluding hydrogens is 417 g/mol. The number of likely N-dealkylation sites (N-methyl/N-ethyl adjacent to an activating group) is 1. The van der Waals surface area contributed by atoms with Crippen molar-refractivity contribution in [2.45, 2.75) is 45.3 Å². The molecule has 2 fully saturated rings. The smallest absolute Gasteiger partial charge is 0.191 e. The summed E-state index contributed by atoms with van der Waals surface area (Å²) in [6.45, 7) is 15.2. The molecule has 24 heavy (non-hydrogen) atoms. The minimum Gasteiger partial charge on any atom is -0.373 e. The van der Waals surface area contributed by atoms with Gasteiger partial charge < -0.3 is 20.3 Å². The van der Waals surface area contributed by atoms with Gasteiger partial charge in [0.05, 0.1) is 5.60 Å². The van der Waals surface area contributed by atoms with E-state index in [9.17, 15) is 0 Å². The largest absolute Gasteiger partial charge is 0.373 e. The predicted molar refractivity (Wildman–Crippen MR) is 112 cm³/mol. The van der Waals surface area contributed by atoms with Gasteiger partial charge in [0.2, 0.25) is 0 Å². The molecule has 2 unspecified atom stereocenters. The van der Waals surface area contributed by atoms with Gasteiger partial charge in [0.1, 0.15) is 0 Å². The van der Waals surface area contributed by atoms with Gasteiger partial charge >= 0.3 is 0 Å². The molecular formula is C17H36IN5O. The summed E-state index contributed by atoms with van der Waals surface area (Å²) in [5.74, 6) is 0.876. The molecule has 142 valence electrons. The molecule has 2 atom stereocenters. The van der Waals surface area contributed by atoms with Crippen LogP contribution in [0.2, 0.25) is 0 Å². The van der Waals surface area contributed by atoms with Crippen LogP contribution in [0.4, 0.5) is 0 Å². The summed E-state index contributed by atoms with van der Waals surface area (Å²) in [7, 11) is 1.83. The molecule has 0 spiro atoms. The Hall–Kier alpha value is -0.120. The fraction of sp³-hybridized carbons (Fsp3) is 0.941. The molecule has 0 bridgehead atoms. The lowest BCUT2D eigenvalue weighted by Gasteiger charge is -2.37. The van der Waals surface area contributed by atoms with Crippen LogP contribution in [0.25, 0.3) is 0 Å². The van der Waals surface area contributed by atoms with Gasteiger partial charge in [0.15, 0.2) is 5.96 Å². The van der Waals surface area contributed by atoms with Crippen molar-refractivity contribution >= 4 is 29.9 Å². The third kappa shape index (κ3) is 6.65. The van der Waals surface area contributed by atoms with Crippen molar-refractivity contribution in [3.8, 4) is 0 Å². The van der Waals surface area contributed by atoms with E-state index in [2.05, 4.69) is 46.2 Å². The third-order valence-corrected chi connectivity index (χ3v) is 5.20. The molecule has 7 heteroatoms. The van der Waals surface area contributed by atoms with Crippen LogP contribution in [0.3, 0.4) is 0 Å². The molecule has 2 rings (SSSR count). The maximum Gasteiger partial charge on any atom is 0.191 e. The lowest BCUT2D eigenvalue weighted by molar-refractivity contribution is 0.0242. The Balaban J connectivity index is 0.00000288. The zero-order valence-corrected chi connectivity index (χ0v) is 18.1. The van der Waals surface area contributed by atoms with Crippen LogP contribution in [0, 0.1) is 0 Å². The number of aliphatic imine (C=N–C) groups is 1. The average molecular weight is 453 g/mol. The van der Waals surface area contributed by atoms with Crippen LogP contribution in [-0.2, 0) is 4.74 Å². The van der Waals surface area contributed by atoms with E-state index in [1.54, 1.807) is 0 Å². The molecule has 2 heterocycles. The van der Waals surface area contributed by atoms with Crippen LogP contribution in [0.5, 0.6) is 0 Å². The summed E-state index contributed by atoms with van der Waals surface area (Å²) in [6, 6.07) is 0.519. The molecule has 0 aromatic rings. The van der Waals surface area contributed by atoms with Crippen molar-refractivity contribution in [2.24, 2.45) is 4.99 Å². The summed E-state index contributed by atoms with van der Waals surface area (Å²) in [5.41, 5.74) is -0.0419. The first-order valence-corrected chi connectivity index (χ1v) is 9.11. The number of piperazine rings is 1. The second-order valence-electron chi connectivity index (χ2n) is 7.03.